The first kappa shape index (κ1) is 23.6. The Morgan fingerprint density at radius 3 is 2.63 bits per heavy atom. The highest BCUT2D eigenvalue weighted by Crippen LogP contribution is 2.26. The van der Waals surface area contributed by atoms with Crippen LogP contribution in [0.25, 0.3) is 5.65 Å². The molecule has 0 bridgehead atoms. The third-order valence-corrected chi connectivity index (χ3v) is 5.04. The van der Waals surface area contributed by atoms with E-state index in [0.29, 0.717) is 22.9 Å². The normalized spacial score (nSPS) is 10.7. The monoisotopic (exact) mass is 477 g/mol. The molecule has 0 atom stereocenters. The molecular weight excluding hydrogens is 454 g/mol. The van der Waals surface area contributed by atoms with Crippen molar-refractivity contribution in [1.82, 2.24) is 9.56 Å². The molecule has 0 radical (unpaired) electrons. The molecule has 0 saturated heterocycles. The van der Waals surface area contributed by atoms with Crippen LogP contribution in [0, 0.1) is 13.8 Å². The molecule has 4 aromatic rings. The number of nitrogens with zero attached hydrogens (tertiary/aromatic N) is 2. The first-order valence-electron chi connectivity index (χ1n) is 10.7. The maximum atomic E-state index is 12.6. The molecule has 0 aliphatic rings. The summed E-state index contributed by atoms with van der Waals surface area (Å²) in [5.41, 5.74) is 1.55. The van der Waals surface area contributed by atoms with Crippen molar-refractivity contribution in [3.05, 3.63) is 87.5 Å². The molecule has 2 aromatic carbocycles. The number of para-hydroxylation sites is 1. The summed E-state index contributed by atoms with van der Waals surface area (Å²) in [6, 6.07) is 14.7. The number of carbonyl (C=O) groups is 2. The highest BCUT2D eigenvalue weighted by atomic mass is 16.5. The summed E-state index contributed by atoms with van der Waals surface area (Å²) in [4.78, 5) is 41.5. The lowest BCUT2D eigenvalue weighted by molar-refractivity contribution is -0.118. The van der Waals surface area contributed by atoms with Crippen LogP contribution in [0.2, 0.25) is 0 Å². The highest BCUT2D eigenvalue weighted by molar-refractivity contribution is 5.96. The summed E-state index contributed by atoms with van der Waals surface area (Å²) in [6.45, 7) is 3.14. The van der Waals surface area contributed by atoms with Gasteiger partial charge in [-0.25, -0.2) is 9.78 Å². The fourth-order valence-electron chi connectivity index (χ4n) is 3.35. The van der Waals surface area contributed by atoms with Gasteiger partial charge in [-0.3, -0.25) is 9.59 Å². The Labute approximate surface area is 200 Å². The van der Waals surface area contributed by atoms with Crippen LogP contribution in [-0.2, 0) is 16.1 Å². The predicted octanol–water partition coefficient (Wildman–Crippen LogP) is 3.29. The Morgan fingerprint density at radius 1 is 1.06 bits per heavy atom. The van der Waals surface area contributed by atoms with Crippen LogP contribution < -0.4 is 20.3 Å². The zero-order chi connectivity index (χ0) is 24.9. The Morgan fingerprint density at radius 2 is 1.86 bits per heavy atom. The number of esters is 1. The summed E-state index contributed by atoms with van der Waals surface area (Å²) in [5.74, 6) is 0.404. The van der Waals surface area contributed by atoms with Crippen LogP contribution in [0.5, 0.6) is 11.5 Å². The number of carbonyl (C=O) groups excluding carboxylic acids is 2. The molecule has 2 heterocycles. The molecule has 0 aliphatic heterocycles. The van der Waals surface area contributed by atoms with Crippen molar-refractivity contribution in [1.29, 1.82) is 0 Å². The number of anilines is 1. The van der Waals surface area contributed by atoms with E-state index in [4.69, 9.17) is 18.7 Å². The average Bonchev–Trinajstić information content (AvgIpc) is 3.22. The van der Waals surface area contributed by atoms with Gasteiger partial charge in [0.1, 0.15) is 23.9 Å². The molecule has 2 aromatic heterocycles. The van der Waals surface area contributed by atoms with E-state index in [9.17, 15) is 14.4 Å². The van der Waals surface area contributed by atoms with E-state index in [1.807, 2.05) is 25.1 Å². The van der Waals surface area contributed by atoms with Gasteiger partial charge in [0.25, 0.3) is 11.5 Å². The standard InChI is InChI=1S/C25H23N3O7/c1-15-6-4-5-7-20(15)33-14-23(29)27-19-11-17(8-9-21(19)32-3)25(31)34-13-18-12-24(30)28-22(26-18)10-16(2)35-28/h4-12H,13-14H2,1-3H3,(H,27,29). The number of ether oxygens (including phenoxy) is 3. The number of rotatable bonds is 8. The molecule has 4 rings (SSSR count). The number of methoxy groups -OCH3 is 1. The average molecular weight is 477 g/mol. The lowest BCUT2D eigenvalue weighted by Gasteiger charge is -2.13. The van der Waals surface area contributed by atoms with Gasteiger partial charge < -0.3 is 24.1 Å². The second-order valence-corrected chi connectivity index (χ2v) is 7.68. The zero-order valence-corrected chi connectivity index (χ0v) is 19.4. The molecule has 1 amide bonds. The molecule has 0 aliphatic carbocycles. The number of aryl methyl sites for hydroxylation is 2. The Balaban J connectivity index is 1.42. The third kappa shape index (κ3) is 5.49. The van der Waals surface area contributed by atoms with Crippen LogP contribution >= 0.6 is 0 Å². The van der Waals surface area contributed by atoms with Crippen molar-refractivity contribution in [2.75, 3.05) is 19.0 Å². The van der Waals surface area contributed by atoms with Gasteiger partial charge in [0.2, 0.25) is 0 Å². The topological polar surface area (TPSA) is 121 Å². The lowest BCUT2D eigenvalue weighted by Crippen LogP contribution is -2.21. The van der Waals surface area contributed by atoms with Gasteiger partial charge in [-0.05, 0) is 43.7 Å². The number of aromatic nitrogens is 2. The van der Waals surface area contributed by atoms with Gasteiger partial charge in [0.15, 0.2) is 12.3 Å². The van der Waals surface area contributed by atoms with Gasteiger partial charge in [-0.1, -0.05) is 18.2 Å². The number of fused-ring (bicyclic) bond motifs is 1. The smallest absolute Gasteiger partial charge is 0.338 e. The maximum Gasteiger partial charge on any atom is 0.338 e. The molecule has 35 heavy (non-hydrogen) atoms. The molecule has 1 N–H and O–H groups in total. The number of amides is 1. The number of hydrogen-bond donors (Lipinski definition) is 1. The summed E-state index contributed by atoms with van der Waals surface area (Å²) >= 11 is 0. The number of nitrogens with one attached hydrogen (secondary N) is 1. The van der Waals surface area contributed by atoms with E-state index < -0.39 is 17.4 Å². The van der Waals surface area contributed by atoms with Crippen molar-refractivity contribution in [2.24, 2.45) is 0 Å². The molecular formula is C25H23N3O7. The zero-order valence-electron chi connectivity index (χ0n) is 19.4. The molecule has 10 nitrogen and oxygen atoms in total. The molecule has 0 fully saturated rings. The number of hydrogen-bond acceptors (Lipinski definition) is 8. The van der Waals surface area contributed by atoms with E-state index in [0.717, 1.165) is 10.1 Å². The Bertz CT molecular complexity index is 1460. The van der Waals surface area contributed by atoms with Crippen LogP contribution in [0.4, 0.5) is 5.69 Å². The SMILES string of the molecule is COc1ccc(C(=O)OCc2cc(=O)n3oc(C)cc3n2)cc1NC(=O)COc1ccccc1C. The predicted molar refractivity (Wildman–Crippen MR) is 126 cm³/mol. The van der Waals surface area contributed by atoms with Crippen molar-refractivity contribution in [3.63, 3.8) is 0 Å². The van der Waals surface area contributed by atoms with Gasteiger partial charge in [0, 0.05) is 12.1 Å². The largest absolute Gasteiger partial charge is 0.495 e. The Kier molecular flexibility index (Phi) is 6.81. The quantitative estimate of drug-likeness (QED) is 0.384. The summed E-state index contributed by atoms with van der Waals surface area (Å²) < 4.78 is 22.5. The van der Waals surface area contributed by atoms with Gasteiger partial charge in [-0.2, -0.15) is 0 Å². The van der Waals surface area contributed by atoms with E-state index in [1.54, 1.807) is 25.1 Å². The second-order valence-electron chi connectivity index (χ2n) is 7.68. The van der Waals surface area contributed by atoms with Crippen molar-refractivity contribution in [3.8, 4) is 11.5 Å². The third-order valence-electron chi connectivity index (χ3n) is 5.04. The molecule has 10 heteroatoms. The van der Waals surface area contributed by atoms with Crippen molar-refractivity contribution >= 4 is 23.2 Å². The molecule has 0 unspecified atom stereocenters. The van der Waals surface area contributed by atoms with Gasteiger partial charge in [0.05, 0.1) is 24.1 Å². The van der Waals surface area contributed by atoms with E-state index in [2.05, 4.69) is 10.3 Å². The van der Waals surface area contributed by atoms with Crippen LogP contribution in [0.1, 0.15) is 27.4 Å². The van der Waals surface area contributed by atoms with Gasteiger partial charge >= 0.3 is 5.97 Å². The highest BCUT2D eigenvalue weighted by Gasteiger charge is 2.15. The first-order chi connectivity index (χ1) is 16.8. The fraction of sp³-hybridized carbons (Fsp3) is 0.200. The maximum absolute atomic E-state index is 12.6. The van der Waals surface area contributed by atoms with Crippen LogP contribution in [-0.4, -0.2) is 35.2 Å². The summed E-state index contributed by atoms with van der Waals surface area (Å²) in [5, 5.41) is 2.69. The first-order valence-corrected chi connectivity index (χ1v) is 10.7. The fourth-order valence-corrected chi connectivity index (χ4v) is 3.35. The minimum atomic E-state index is -0.662. The van der Waals surface area contributed by atoms with Crippen molar-refractivity contribution < 1.29 is 28.3 Å². The molecule has 0 spiro atoms. The minimum absolute atomic E-state index is 0.179. The van der Waals surface area contributed by atoms with Crippen LogP contribution in [0.3, 0.4) is 0 Å². The van der Waals surface area contributed by atoms with E-state index >= 15 is 0 Å². The summed E-state index contributed by atoms with van der Waals surface area (Å²) in [6.07, 6.45) is 0. The second kappa shape index (κ2) is 10.1. The van der Waals surface area contributed by atoms with E-state index in [1.165, 1.54) is 25.3 Å². The minimum Gasteiger partial charge on any atom is -0.495 e. The molecule has 0 saturated carbocycles. The Hall–Kier alpha value is -4.60. The van der Waals surface area contributed by atoms with Crippen LogP contribution in [0.15, 0.2) is 63.9 Å². The van der Waals surface area contributed by atoms with Gasteiger partial charge in [-0.15, -0.1) is 4.57 Å². The van der Waals surface area contributed by atoms with E-state index in [-0.39, 0.29) is 30.2 Å². The summed E-state index contributed by atoms with van der Waals surface area (Å²) in [7, 11) is 1.45. The van der Waals surface area contributed by atoms with Crippen molar-refractivity contribution in [2.45, 2.75) is 20.5 Å². The number of benzene rings is 2. The molecule has 180 valence electrons. The lowest BCUT2D eigenvalue weighted by atomic mass is 10.2.